The van der Waals surface area contributed by atoms with Crippen molar-refractivity contribution in [2.24, 2.45) is 0 Å². The summed E-state index contributed by atoms with van der Waals surface area (Å²) in [6.07, 6.45) is 4.69. The van der Waals surface area contributed by atoms with Crippen LogP contribution in [0, 0.1) is 0 Å². The van der Waals surface area contributed by atoms with Crippen molar-refractivity contribution in [2.75, 3.05) is 20.8 Å². The van der Waals surface area contributed by atoms with Crippen LogP contribution in [0.5, 0.6) is 0 Å². The third kappa shape index (κ3) is 3.80. The average molecular weight is 241 g/mol. The van der Waals surface area contributed by atoms with Crippen LogP contribution in [-0.4, -0.2) is 36.8 Å². The molecule has 0 saturated carbocycles. The number of methoxy groups -OCH3 is 2. The van der Waals surface area contributed by atoms with E-state index in [1.165, 1.54) is 0 Å². The van der Waals surface area contributed by atoms with Crippen LogP contribution < -0.4 is 5.32 Å². The summed E-state index contributed by atoms with van der Waals surface area (Å²) in [6, 6.07) is 0.0145. The minimum absolute atomic E-state index is 0.0145. The van der Waals surface area contributed by atoms with Crippen LogP contribution in [0.4, 0.5) is 0 Å². The van der Waals surface area contributed by atoms with E-state index in [0.717, 1.165) is 25.1 Å². The Labute approximate surface area is 103 Å². The Balaban J connectivity index is 2.80. The van der Waals surface area contributed by atoms with Crippen molar-refractivity contribution < 1.29 is 9.47 Å². The highest BCUT2D eigenvalue weighted by Gasteiger charge is 2.23. The smallest absolute Gasteiger partial charge is 0.176 e. The Morgan fingerprint density at radius 3 is 2.59 bits per heavy atom. The molecule has 0 radical (unpaired) electrons. The second kappa shape index (κ2) is 7.42. The number of ether oxygens (including phenoxy) is 2. The van der Waals surface area contributed by atoms with E-state index in [2.05, 4.69) is 24.3 Å². The lowest BCUT2D eigenvalue weighted by Crippen LogP contribution is -2.34. The van der Waals surface area contributed by atoms with Gasteiger partial charge in [0.2, 0.25) is 0 Å². The van der Waals surface area contributed by atoms with Gasteiger partial charge in [0.1, 0.15) is 0 Å². The number of nitrogens with one attached hydrogen (secondary N) is 1. The molecule has 0 aromatic carbocycles. The molecule has 0 fully saturated rings. The Bertz CT molecular complexity index is 310. The zero-order valence-corrected chi connectivity index (χ0v) is 11.1. The van der Waals surface area contributed by atoms with Gasteiger partial charge in [0.15, 0.2) is 6.29 Å². The second-order valence-corrected chi connectivity index (χ2v) is 3.91. The van der Waals surface area contributed by atoms with Crippen molar-refractivity contribution in [3.63, 3.8) is 0 Å². The molecule has 0 aliphatic heterocycles. The lowest BCUT2D eigenvalue weighted by Gasteiger charge is -2.24. The SMILES string of the molecule is CCCn1cc(C(NCC)C(OC)OC)cn1. The van der Waals surface area contributed by atoms with Crippen molar-refractivity contribution in [2.45, 2.75) is 39.1 Å². The Hall–Kier alpha value is -0.910. The van der Waals surface area contributed by atoms with Gasteiger partial charge in [-0.15, -0.1) is 0 Å². The quantitative estimate of drug-likeness (QED) is 0.702. The number of hydrogen-bond donors (Lipinski definition) is 1. The number of rotatable bonds is 8. The average Bonchev–Trinajstić information content (AvgIpc) is 2.78. The fourth-order valence-corrected chi connectivity index (χ4v) is 1.85. The summed E-state index contributed by atoms with van der Waals surface area (Å²) in [4.78, 5) is 0. The fourth-order valence-electron chi connectivity index (χ4n) is 1.85. The molecule has 0 amide bonds. The first-order chi connectivity index (χ1) is 8.26. The molecule has 1 aromatic rings. The first-order valence-electron chi connectivity index (χ1n) is 6.08. The predicted octanol–water partition coefficient (Wildman–Crippen LogP) is 1.56. The van der Waals surface area contributed by atoms with Gasteiger partial charge in [0.05, 0.1) is 12.2 Å². The van der Waals surface area contributed by atoms with Crippen molar-refractivity contribution >= 4 is 0 Å². The lowest BCUT2D eigenvalue weighted by molar-refractivity contribution is -0.123. The van der Waals surface area contributed by atoms with E-state index < -0.39 is 0 Å². The second-order valence-electron chi connectivity index (χ2n) is 3.91. The zero-order chi connectivity index (χ0) is 12.7. The molecule has 0 bridgehead atoms. The summed E-state index contributed by atoms with van der Waals surface area (Å²) in [5.41, 5.74) is 1.09. The van der Waals surface area contributed by atoms with Crippen LogP contribution in [0.2, 0.25) is 0 Å². The summed E-state index contributed by atoms with van der Waals surface area (Å²) < 4.78 is 12.6. The molecule has 0 spiro atoms. The standard InChI is InChI=1S/C12H23N3O2/c1-5-7-15-9-10(8-14-15)11(13-6-2)12(16-3)17-4/h8-9,11-13H,5-7H2,1-4H3. The molecule has 1 rings (SSSR count). The summed E-state index contributed by atoms with van der Waals surface area (Å²) in [7, 11) is 3.30. The molecule has 17 heavy (non-hydrogen) atoms. The molecule has 98 valence electrons. The maximum Gasteiger partial charge on any atom is 0.176 e. The zero-order valence-electron chi connectivity index (χ0n) is 11.1. The molecular weight excluding hydrogens is 218 g/mol. The molecule has 1 atom stereocenters. The summed E-state index contributed by atoms with van der Waals surface area (Å²) in [6.45, 7) is 5.98. The van der Waals surface area contributed by atoms with Gasteiger partial charge in [0, 0.05) is 32.5 Å². The van der Waals surface area contributed by atoms with Gasteiger partial charge < -0.3 is 14.8 Å². The summed E-state index contributed by atoms with van der Waals surface area (Å²) in [5, 5.41) is 7.68. The van der Waals surface area contributed by atoms with E-state index >= 15 is 0 Å². The molecule has 0 aliphatic rings. The van der Waals surface area contributed by atoms with Gasteiger partial charge >= 0.3 is 0 Å². The van der Waals surface area contributed by atoms with Crippen LogP contribution in [0.15, 0.2) is 12.4 Å². The number of nitrogens with zero attached hydrogens (tertiary/aromatic N) is 2. The van der Waals surface area contributed by atoms with Crippen LogP contribution in [-0.2, 0) is 16.0 Å². The Morgan fingerprint density at radius 1 is 1.35 bits per heavy atom. The molecule has 1 heterocycles. The summed E-state index contributed by atoms with van der Waals surface area (Å²) >= 11 is 0. The van der Waals surface area contributed by atoms with Crippen LogP contribution in [0.1, 0.15) is 31.9 Å². The monoisotopic (exact) mass is 241 g/mol. The van der Waals surface area contributed by atoms with Gasteiger partial charge in [-0.2, -0.15) is 5.10 Å². The molecule has 5 nitrogen and oxygen atoms in total. The normalized spacial score (nSPS) is 13.2. The molecule has 0 aliphatic carbocycles. The van der Waals surface area contributed by atoms with Crippen LogP contribution in [0.25, 0.3) is 0 Å². The summed E-state index contributed by atoms with van der Waals surface area (Å²) in [5.74, 6) is 0. The number of aromatic nitrogens is 2. The van der Waals surface area contributed by atoms with E-state index in [9.17, 15) is 0 Å². The molecule has 1 aromatic heterocycles. The van der Waals surface area contributed by atoms with E-state index in [-0.39, 0.29) is 12.3 Å². The van der Waals surface area contributed by atoms with Crippen molar-refractivity contribution in [1.29, 1.82) is 0 Å². The highest BCUT2D eigenvalue weighted by atomic mass is 16.7. The van der Waals surface area contributed by atoms with E-state index in [1.54, 1.807) is 14.2 Å². The number of likely N-dealkylation sites (N-methyl/N-ethyl adjacent to an activating group) is 1. The van der Waals surface area contributed by atoms with Crippen molar-refractivity contribution in [1.82, 2.24) is 15.1 Å². The predicted molar refractivity (Wildman–Crippen MR) is 66.7 cm³/mol. The minimum Gasteiger partial charge on any atom is -0.354 e. The number of aryl methyl sites for hydroxylation is 1. The van der Waals surface area contributed by atoms with Crippen molar-refractivity contribution in [3.8, 4) is 0 Å². The van der Waals surface area contributed by atoms with Crippen LogP contribution >= 0.6 is 0 Å². The number of hydrogen-bond acceptors (Lipinski definition) is 4. The van der Waals surface area contributed by atoms with E-state index in [1.807, 2.05) is 17.1 Å². The first kappa shape index (κ1) is 14.2. The molecule has 0 saturated heterocycles. The molecule has 5 heteroatoms. The maximum absolute atomic E-state index is 5.32. The molecule has 1 N–H and O–H groups in total. The third-order valence-corrected chi connectivity index (χ3v) is 2.63. The van der Waals surface area contributed by atoms with E-state index in [4.69, 9.17) is 9.47 Å². The molecule has 1 unspecified atom stereocenters. The van der Waals surface area contributed by atoms with Gasteiger partial charge in [-0.05, 0) is 13.0 Å². The third-order valence-electron chi connectivity index (χ3n) is 2.63. The fraction of sp³-hybridized carbons (Fsp3) is 0.750. The topological polar surface area (TPSA) is 48.3 Å². The largest absolute Gasteiger partial charge is 0.354 e. The highest BCUT2D eigenvalue weighted by molar-refractivity contribution is 5.11. The first-order valence-corrected chi connectivity index (χ1v) is 6.08. The van der Waals surface area contributed by atoms with Gasteiger partial charge in [-0.1, -0.05) is 13.8 Å². The van der Waals surface area contributed by atoms with E-state index in [0.29, 0.717) is 0 Å². The Morgan fingerprint density at radius 2 is 2.06 bits per heavy atom. The van der Waals surface area contributed by atoms with Gasteiger partial charge in [-0.3, -0.25) is 4.68 Å². The lowest BCUT2D eigenvalue weighted by atomic mass is 10.1. The van der Waals surface area contributed by atoms with Gasteiger partial charge in [-0.25, -0.2) is 0 Å². The highest BCUT2D eigenvalue weighted by Crippen LogP contribution is 2.19. The van der Waals surface area contributed by atoms with Gasteiger partial charge in [0.25, 0.3) is 0 Å². The van der Waals surface area contributed by atoms with Crippen molar-refractivity contribution in [3.05, 3.63) is 18.0 Å². The molecular formula is C12H23N3O2. The Kier molecular flexibility index (Phi) is 6.18. The van der Waals surface area contributed by atoms with Crippen LogP contribution in [0.3, 0.4) is 0 Å². The minimum atomic E-state index is -0.297. The maximum atomic E-state index is 5.32.